The summed E-state index contributed by atoms with van der Waals surface area (Å²) in [6.07, 6.45) is 0. The minimum absolute atomic E-state index is 0.0927. The molecule has 1 amide bonds. The lowest BCUT2D eigenvalue weighted by Crippen LogP contribution is -2.44. The predicted molar refractivity (Wildman–Crippen MR) is 79.4 cm³/mol. The number of hydrogen-bond donors (Lipinski definition) is 1. The van der Waals surface area contributed by atoms with Gasteiger partial charge in [0.1, 0.15) is 17.2 Å². The SMILES string of the molecule is CN(C)S(=O)(=O)C[C@@H]1COC[C@@H]1NC(=O)c1c(F)cccc1F. The molecular formula is C14H18F2N2O4S. The Kier molecular flexibility index (Phi) is 5.33. The van der Waals surface area contributed by atoms with E-state index >= 15 is 0 Å². The van der Waals surface area contributed by atoms with Crippen molar-refractivity contribution in [2.24, 2.45) is 5.92 Å². The van der Waals surface area contributed by atoms with Crippen LogP contribution in [0.2, 0.25) is 0 Å². The molecule has 1 aromatic rings. The number of rotatable bonds is 5. The maximum Gasteiger partial charge on any atom is 0.257 e. The summed E-state index contributed by atoms with van der Waals surface area (Å²) in [6, 6.07) is 2.50. The number of nitrogens with zero attached hydrogens (tertiary/aromatic N) is 1. The molecule has 6 nitrogen and oxygen atoms in total. The van der Waals surface area contributed by atoms with Gasteiger partial charge in [0.2, 0.25) is 10.0 Å². The monoisotopic (exact) mass is 348 g/mol. The first kappa shape index (κ1) is 17.8. The van der Waals surface area contributed by atoms with Gasteiger partial charge in [0.05, 0.1) is 25.0 Å². The maximum absolute atomic E-state index is 13.6. The molecule has 2 rings (SSSR count). The van der Waals surface area contributed by atoms with Crippen molar-refractivity contribution in [2.45, 2.75) is 6.04 Å². The molecule has 0 saturated carbocycles. The van der Waals surface area contributed by atoms with Crippen molar-refractivity contribution < 1.29 is 26.7 Å². The maximum atomic E-state index is 13.6. The van der Waals surface area contributed by atoms with Crippen molar-refractivity contribution in [3.63, 3.8) is 0 Å². The van der Waals surface area contributed by atoms with Crippen LogP contribution >= 0.6 is 0 Å². The van der Waals surface area contributed by atoms with Gasteiger partial charge in [-0.25, -0.2) is 21.5 Å². The second kappa shape index (κ2) is 6.90. The largest absolute Gasteiger partial charge is 0.379 e. The molecule has 128 valence electrons. The molecule has 1 N–H and O–H groups in total. The molecule has 1 fully saturated rings. The Morgan fingerprint density at radius 3 is 2.48 bits per heavy atom. The molecule has 0 aliphatic carbocycles. The van der Waals surface area contributed by atoms with Gasteiger partial charge < -0.3 is 10.1 Å². The van der Waals surface area contributed by atoms with Crippen LogP contribution in [0.4, 0.5) is 8.78 Å². The summed E-state index contributed by atoms with van der Waals surface area (Å²) in [6.45, 7) is 0.243. The van der Waals surface area contributed by atoms with Crippen LogP contribution in [-0.2, 0) is 14.8 Å². The van der Waals surface area contributed by atoms with Crippen LogP contribution in [-0.4, -0.2) is 57.7 Å². The van der Waals surface area contributed by atoms with Crippen LogP contribution in [0.1, 0.15) is 10.4 Å². The highest BCUT2D eigenvalue weighted by Gasteiger charge is 2.35. The molecule has 9 heteroatoms. The van der Waals surface area contributed by atoms with Crippen molar-refractivity contribution in [1.82, 2.24) is 9.62 Å². The third-order valence-corrected chi connectivity index (χ3v) is 5.65. The average Bonchev–Trinajstić information content (AvgIpc) is 2.84. The minimum Gasteiger partial charge on any atom is -0.379 e. The van der Waals surface area contributed by atoms with E-state index in [-0.39, 0.29) is 19.0 Å². The number of benzene rings is 1. The van der Waals surface area contributed by atoms with Gasteiger partial charge in [0, 0.05) is 20.0 Å². The van der Waals surface area contributed by atoms with E-state index in [0.29, 0.717) is 0 Å². The van der Waals surface area contributed by atoms with Crippen molar-refractivity contribution in [1.29, 1.82) is 0 Å². The van der Waals surface area contributed by atoms with Gasteiger partial charge in [0.15, 0.2) is 0 Å². The number of ether oxygens (including phenoxy) is 1. The molecule has 1 saturated heterocycles. The number of halogens is 2. The Balaban J connectivity index is 2.11. The number of sulfonamides is 1. The van der Waals surface area contributed by atoms with Gasteiger partial charge in [-0.2, -0.15) is 0 Å². The number of amides is 1. The van der Waals surface area contributed by atoms with E-state index < -0.39 is 45.1 Å². The quantitative estimate of drug-likeness (QED) is 0.846. The summed E-state index contributed by atoms with van der Waals surface area (Å²) in [4.78, 5) is 12.1. The summed E-state index contributed by atoms with van der Waals surface area (Å²) < 4.78 is 57.4. The van der Waals surface area contributed by atoms with Gasteiger partial charge in [-0.3, -0.25) is 4.79 Å². The van der Waals surface area contributed by atoms with Gasteiger partial charge in [-0.15, -0.1) is 0 Å². The second-order valence-electron chi connectivity index (χ2n) is 5.54. The highest BCUT2D eigenvalue weighted by atomic mass is 32.2. The lowest BCUT2D eigenvalue weighted by atomic mass is 10.1. The first-order chi connectivity index (χ1) is 10.7. The van der Waals surface area contributed by atoms with Gasteiger partial charge in [0.25, 0.3) is 5.91 Å². The predicted octanol–water partition coefficient (Wildman–Crippen LogP) is 0.601. The van der Waals surface area contributed by atoms with E-state index in [4.69, 9.17) is 4.74 Å². The van der Waals surface area contributed by atoms with E-state index in [2.05, 4.69) is 5.32 Å². The summed E-state index contributed by atoms with van der Waals surface area (Å²) >= 11 is 0. The van der Waals surface area contributed by atoms with Gasteiger partial charge >= 0.3 is 0 Å². The number of carbonyl (C=O) groups is 1. The molecule has 1 aliphatic rings. The summed E-state index contributed by atoms with van der Waals surface area (Å²) in [5, 5.41) is 2.46. The topological polar surface area (TPSA) is 75.7 Å². The third-order valence-electron chi connectivity index (χ3n) is 3.69. The van der Waals surface area contributed by atoms with E-state index in [9.17, 15) is 22.0 Å². The standard InChI is InChI=1S/C14H18F2N2O4S/c1-18(2)23(20,21)8-9-6-22-7-12(9)17-14(19)13-10(15)4-3-5-11(13)16/h3-5,9,12H,6-8H2,1-2H3,(H,17,19)/t9-,12-/m0/s1. The molecule has 0 unspecified atom stereocenters. The fourth-order valence-electron chi connectivity index (χ4n) is 2.30. The molecule has 1 heterocycles. The van der Waals surface area contributed by atoms with Crippen LogP contribution in [0.3, 0.4) is 0 Å². The fraction of sp³-hybridized carbons (Fsp3) is 0.500. The normalized spacial score (nSPS) is 21.6. The fourth-order valence-corrected chi connectivity index (χ4v) is 3.47. The van der Waals surface area contributed by atoms with Crippen LogP contribution in [0.15, 0.2) is 18.2 Å². The lowest BCUT2D eigenvalue weighted by Gasteiger charge is -2.21. The van der Waals surface area contributed by atoms with E-state index in [1.165, 1.54) is 14.1 Å². The zero-order chi connectivity index (χ0) is 17.2. The Morgan fingerprint density at radius 1 is 1.30 bits per heavy atom. The number of nitrogens with one attached hydrogen (secondary N) is 1. The van der Waals surface area contributed by atoms with E-state index in [0.717, 1.165) is 22.5 Å². The molecule has 0 radical (unpaired) electrons. The van der Waals surface area contributed by atoms with Crippen LogP contribution in [0.25, 0.3) is 0 Å². The Bertz CT molecular complexity index is 674. The van der Waals surface area contributed by atoms with Crippen LogP contribution in [0.5, 0.6) is 0 Å². The van der Waals surface area contributed by atoms with Crippen molar-refractivity contribution in [3.8, 4) is 0 Å². The Morgan fingerprint density at radius 2 is 1.91 bits per heavy atom. The second-order valence-corrected chi connectivity index (χ2v) is 7.76. The number of hydrogen-bond acceptors (Lipinski definition) is 4. The molecule has 2 atom stereocenters. The Hall–Kier alpha value is -1.58. The van der Waals surface area contributed by atoms with Gasteiger partial charge in [-0.1, -0.05) is 6.07 Å². The molecule has 0 aromatic heterocycles. The molecule has 1 aliphatic heterocycles. The highest BCUT2D eigenvalue weighted by Crippen LogP contribution is 2.19. The summed E-state index contributed by atoms with van der Waals surface area (Å²) in [7, 11) is -0.657. The third kappa shape index (κ3) is 4.04. The van der Waals surface area contributed by atoms with Crippen molar-refractivity contribution in [2.75, 3.05) is 33.1 Å². The zero-order valence-electron chi connectivity index (χ0n) is 12.8. The first-order valence-corrected chi connectivity index (χ1v) is 8.56. The molecule has 0 spiro atoms. The average molecular weight is 348 g/mol. The molecule has 1 aromatic carbocycles. The minimum atomic E-state index is -3.48. The summed E-state index contributed by atoms with van der Waals surface area (Å²) in [5.41, 5.74) is -0.686. The highest BCUT2D eigenvalue weighted by molar-refractivity contribution is 7.89. The van der Waals surface area contributed by atoms with Crippen molar-refractivity contribution in [3.05, 3.63) is 35.4 Å². The molecular weight excluding hydrogens is 330 g/mol. The zero-order valence-corrected chi connectivity index (χ0v) is 13.6. The van der Waals surface area contributed by atoms with E-state index in [1.54, 1.807) is 0 Å². The lowest BCUT2D eigenvalue weighted by molar-refractivity contribution is 0.0917. The smallest absolute Gasteiger partial charge is 0.257 e. The van der Waals surface area contributed by atoms with Gasteiger partial charge in [-0.05, 0) is 12.1 Å². The number of carbonyl (C=O) groups excluding carboxylic acids is 1. The molecule has 0 bridgehead atoms. The first-order valence-electron chi connectivity index (χ1n) is 6.95. The summed E-state index contributed by atoms with van der Waals surface area (Å²) in [5.74, 6) is -3.58. The Labute approximate surface area is 133 Å². The van der Waals surface area contributed by atoms with Crippen LogP contribution in [0, 0.1) is 17.6 Å². The van der Waals surface area contributed by atoms with Crippen LogP contribution < -0.4 is 5.32 Å². The molecule has 23 heavy (non-hydrogen) atoms. The van der Waals surface area contributed by atoms with E-state index in [1.807, 2.05) is 0 Å². The van der Waals surface area contributed by atoms with Crippen molar-refractivity contribution >= 4 is 15.9 Å².